The molecule has 3 rings (SSSR count). The van der Waals surface area contributed by atoms with Gasteiger partial charge < -0.3 is 10.6 Å². The molecule has 2 amide bonds. The summed E-state index contributed by atoms with van der Waals surface area (Å²) >= 11 is 6.38. The van der Waals surface area contributed by atoms with Crippen molar-refractivity contribution >= 4 is 29.7 Å². The van der Waals surface area contributed by atoms with E-state index in [-0.39, 0.29) is 17.3 Å². The lowest BCUT2D eigenvalue weighted by atomic mass is 9.96. The zero-order chi connectivity index (χ0) is 21.0. The van der Waals surface area contributed by atoms with Crippen LogP contribution in [0.4, 0.5) is 14.6 Å². The lowest BCUT2D eigenvalue weighted by Gasteiger charge is -2.42. The number of halogens is 3. The summed E-state index contributed by atoms with van der Waals surface area (Å²) in [4.78, 5) is 35.2. The summed E-state index contributed by atoms with van der Waals surface area (Å²) < 4.78 is 25.2. The molecule has 1 aromatic rings. The minimum absolute atomic E-state index is 0.0350. The molecule has 156 valence electrons. The molecule has 0 saturated carbocycles. The number of alkyl halides is 2. The van der Waals surface area contributed by atoms with Gasteiger partial charge in [-0.05, 0) is 19.1 Å². The van der Waals surface area contributed by atoms with Crippen molar-refractivity contribution in [3.63, 3.8) is 0 Å². The summed E-state index contributed by atoms with van der Waals surface area (Å²) in [7, 11) is 0. The maximum Gasteiger partial charge on any atom is 0.271 e. The van der Waals surface area contributed by atoms with Crippen molar-refractivity contribution in [2.24, 2.45) is 0 Å². The van der Waals surface area contributed by atoms with Gasteiger partial charge in [0.1, 0.15) is 23.5 Å². The average Bonchev–Trinajstić information content (AvgIpc) is 2.95. The first-order valence-corrected chi connectivity index (χ1v) is 9.41. The largest absolute Gasteiger partial charge is 0.344 e. The van der Waals surface area contributed by atoms with Gasteiger partial charge in [-0.3, -0.25) is 19.4 Å². The first-order valence-electron chi connectivity index (χ1n) is 9.03. The van der Waals surface area contributed by atoms with Crippen LogP contribution < -0.4 is 10.6 Å². The Morgan fingerprint density at radius 3 is 2.76 bits per heavy atom. The Hall–Kier alpha value is -2.59. The molecule has 0 unspecified atom stereocenters. The molecule has 3 heterocycles. The van der Waals surface area contributed by atoms with Gasteiger partial charge in [0, 0.05) is 37.8 Å². The Morgan fingerprint density at radius 2 is 2.17 bits per heavy atom. The van der Waals surface area contributed by atoms with Gasteiger partial charge >= 0.3 is 0 Å². The van der Waals surface area contributed by atoms with Crippen LogP contribution >= 0.6 is 11.6 Å². The number of allylic oxidation sites excluding steroid dienone is 3. The van der Waals surface area contributed by atoms with Crippen LogP contribution in [0.15, 0.2) is 41.1 Å². The van der Waals surface area contributed by atoms with Gasteiger partial charge in [0.2, 0.25) is 6.41 Å². The molecule has 0 bridgehead atoms. The van der Waals surface area contributed by atoms with Gasteiger partial charge in [-0.15, -0.1) is 0 Å². The van der Waals surface area contributed by atoms with Crippen molar-refractivity contribution in [1.29, 1.82) is 0 Å². The van der Waals surface area contributed by atoms with Crippen LogP contribution in [-0.4, -0.2) is 63.8 Å². The summed E-state index contributed by atoms with van der Waals surface area (Å²) in [5.41, 5.74) is -0.310. The highest BCUT2D eigenvalue weighted by Gasteiger charge is 2.50. The van der Waals surface area contributed by atoms with Gasteiger partial charge in [0.15, 0.2) is 0 Å². The zero-order valence-corrected chi connectivity index (χ0v) is 16.5. The van der Waals surface area contributed by atoms with Crippen LogP contribution in [0.2, 0.25) is 0 Å². The van der Waals surface area contributed by atoms with Crippen molar-refractivity contribution in [2.45, 2.75) is 31.9 Å². The molecule has 1 aromatic heterocycles. The second-order valence-electron chi connectivity index (χ2n) is 6.90. The van der Waals surface area contributed by atoms with E-state index in [1.54, 1.807) is 24.1 Å². The predicted molar refractivity (Wildman–Crippen MR) is 103 cm³/mol. The van der Waals surface area contributed by atoms with E-state index in [1.807, 2.05) is 0 Å². The molecule has 2 aliphatic heterocycles. The lowest BCUT2D eigenvalue weighted by Crippen LogP contribution is -2.58. The Kier molecular flexibility index (Phi) is 6.43. The minimum Gasteiger partial charge on any atom is -0.344 e. The van der Waals surface area contributed by atoms with Crippen molar-refractivity contribution in [2.75, 3.05) is 25.0 Å². The quantitative estimate of drug-likeness (QED) is 0.533. The van der Waals surface area contributed by atoms with Crippen molar-refractivity contribution in [3.05, 3.63) is 41.1 Å². The molecule has 2 N–H and O–H groups in total. The maximum absolute atomic E-state index is 12.6. The zero-order valence-electron chi connectivity index (χ0n) is 15.7. The third-order valence-corrected chi connectivity index (χ3v) is 5.21. The van der Waals surface area contributed by atoms with E-state index in [9.17, 15) is 18.4 Å². The number of anilines is 1. The Morgan fingerprint density at radius 1 is 1.45 bits per heavy atom. The molecule has 1 spiro atoms. The molecule has 29 heavy (non-hydrogen) atoms. The molecule has 0 radical (unpaired) electrons. The topological polar surface area (TPSA) is 90.5 Å². The molecule has 11 heteroatoms. The van der Waals surface area contributed by atoms with Crippen molar-refractivity contribution < 1.29 is 18.4 Å². The standard InChI is InChI=1S/C18H21ClF2N6O2/c1-12(24-15-2-5-22-10-23-15)8-13(19)16-17(29)25-18(27(16)11-28)3-6-26(7-4-18)9-14(20)21/h2,5,8,10-11,14H,3-4,6-7,9H2,1H3,(H,25,29)(H,22,23,24)/b12-8+,16-13+. The van der Waals surface area contributed by atoms with E-state index in [0.29, 0.717) is 43.9 Å². The minimum atomic E-state index is -2.43. The number of amides is 2. The highest BCUT2D eigenvalue weighted by molar-refractivity contribution is 6.33. The molecule has 8 nitrogen and oxygen atoms in total. The van der Waals surface area contributed by atoms with Gasteiger partial charge in [-0.1, -0.05) is 11.6 Å². The summed E-state index contributed by atoms with van der Waals surface area (Å²) in [5.74, 6) is 0.0738. The molecule has 2 saturated heterocycles. The van der Waals surface area contributed by atoms with Gasteiger partial charge in [0.05, 0.1) is 11.6 Å². The number of nitrogens with zero attached hydrogens (tertiary/aromatic N) is 4. The van der Waals surface area contributed by atoms with Crippen LogP contribution in [0, 0.1) is 0 Å². The molecule has 2 fully saturated rings. The van der Waals surface area contributed by atoms with Crippen LogP contribution in [-0.2, 0) is 9.59 Å². The number of carbonyl (C=O) groups is 2. The summed E-state index contributed by atoms with van der Waals surface area (Å²) in [6, 6.07) is 1.67. The molecule has 0 aromatic carbocycles. The molecular formula is C18H21ClF2N6O2. The predicted octanol–water partition coefficient (Wildman–Crippen LogP) is 1.89. The van der Waals surface area contributed by atoms with Gasteiger partial charge in [-0.25, -0.2) is 18.7 Å². The smallest absolute Gasteiger partial charge is 0.271 e. The van der Waals surface area contributed by atoms with Crippen LogP contribution in [0.25, 0.3) is 0 Å². The Bertz CT molecular complexity index is 825. The molecule has 0 aliphatic carbocycles. The first-order chi connectivity index (χ1) is 13.8. The number of aromatic nitrogens is 2. The number of likely N-dealkylation sites (tertiary alicyclic amines) is 1. The Labute approximate surface area is 171 Å². The second-order valence-corrected chi connectivity index (χ2v) is 7.30. The van der Waals surface area contributed by atoms with Crippen LogP contribution in [0.3, 0.4) is 0 Å². The maximum atomic E-state index is 12.6. The highest BCUT2D eigenvalue weighted by Crippen LogP contribution is 2.36. The number of piperidine rings is 1. The van der Waals surface area contributed by atoms with E-state index >= 15 is 0 Å². The van der Waals surface area contributed by atoms with Crippen molar-refractivity contribution in [1.82, 2.24) is 25.1 Å². The fourth-order valence-electron chi connectivity index (χ4n) is 3.56. The number of hydrogen-bond donors (Lipinski definition) is 2. The third-order valence-electron chi connectivity index (χ3n) is 4.92. The van der Waals surface area contributed by atoms with E-state index in [1.165, 1.54) is 17.3 Å². The molecule has 0 atom stereocenters. The number of rotatable bonds is 6. The lowest BCUT2D eigenvalue weighted by molar-refractivity contribution is -0.122. The third kappa shape index (κ3) is 4.70. The van der Waals surface area contributed by atoms with Gasteiger partial charge in [0.25, 0.3) is 12.3 Å². The van der Waals surface area contributed by atoms with E-state index in [2.05, 4.69) is 20.6 Å². The van der Waals surface area contributed by atoms with E-state index in [4.69, 9.17) is 11.6 Å². The van der Waals surface area contributed by atoms with Crippen LogP contribution in [0.1, 0.15) is 19.8 Å². The Balaban J connectivity index is 1.79. The van der Waals surface area contributed by atoms with Crippen molar-refractivity contribution in [3.8, 4) is 0 Å². The summed E-state index contributed by atoms with van der Waals surface area (Å²) in [5, 5.41) is 5.92. The fourth-order valence-corrected chi connectivity index (χ4v) is 3.90. The highest BCUT2D eigenvalue weighted by atomic mass is 35.5. The van der Waals surface area contributed by atoms with E-state index in [0.717, 1.165) is 0 Å². The average molecular weight is 427 g/mol. The van der Waals surface area contributed by atoms with Gasteiger partial charge in [-0.2, -0.15) is 0 Å². The molecular weight excluding hydrogens is 406 g/mol. The number of nitrogens with one attached hydrogen (secondary N) is 2. The number of hydrogen-bond acceptors (Lipinski definition) is 6. The SMILES string of the molecule is C/C(=C\C(Cl)=C1\C(=O)NC2(CCN(CC(F)F)CC2)N1C=O)Nc1ccncn1. The van der Waals surface area contributed by atoms with E-state index < -0.39 is 18.0 Å². The summed E-state index contributed by atoms with van der Waals surface area (Å²) in [6.07, 6.45) is 3.28. The fraction of sp³-hybridized carbons (Fsp3) is 0.444. The summed E-state index contributed by atoms with van der Waals surface area (Å²) in [6.45, 7) is 2.08. The first kappa shape index (κ1) is 21.1. The number of carbonyl (C=O) groups excluding carboxylic acids is 2. The molecule has 2 aliphatic rings. The normalized spacial score (nSPS) is 21.5. The second kappa shape index (κ2) is 8.83. The van der Waals surface area contributed by atoms with Crippen LogP contribution in [0.5, 0.6) is 0 Å². The monoisotopic (exact) mass is 426 g/mol.